The normalized spacial score (nSPS) is 12.9. The summed E-state index contributed by atoms with van der Waals surface area (Å²) in [7, 11) is 1.93. The van der Waals surface area contributed by atoms with E-state index in [9.17, 15) is 0 Å². The molecule has 0 aliphatic rings. The fraction of sp³-hybridized carbons (Fsp3) is 0.500. The summed E-state index contributed by atoms with van der Waals surface area (Å²) in [6.45, 7) is 4.86. The molecule has 0 aliphatic heterocycles. The highest BCUT2D eigenvalue weighted by Crippen LogP contribution is 2.22. The van der Waals surface area contributed by atoms with Gasteiger partial charge in [0.1, 0.15) is 5.01 Å². The number of hydrogen-bond acceptors (Lipinski definition) is 4. The smallest absolute Gasteiger partial charge is 0.109 e. The first-order valence-corrected chi connectivity index (χ1v) is 7.22. The molecular weight excluding hydrogens is 268 g/mol. The number of rotatable bonds is 5. The van der Waals surface area contributed by atoms with Gasteiger partial charge >= 0.3 is 0 Å². The molecule has 2 aromatic heterocycles. The van der Waals surface area contributed by atoms with Crippen molar-refractivity contribution in [3.05, 3.63) is 33.0 Å². The zero-order chi connectivity index (χ0) is 13.1. The van der Waals surface area contributed by atoms with Gasteiger partial charge in [-0.1, -0.05) is 18.5 Å². The second-order valence-electron chi connectivity index (χ2n) is 4.16. The summed E-state index contributed by atoms with van der Waals surface area (Å²) in [5, 5.41) is 11.7. The average molecular weight is 285 g/mol. The van der Waals surface area contributed by atoms with Crippen LogP contribution in [0.3, 0.4) is 0 Å². The van der Waals surface area contributed by atoms with E-state index in [0.717, 1.165) is 27.8 Å². The number of nitrogens with zero attached hydrogens (tertiary/aromatic N) is 3. The Morgan fingerprint density at radius 2 is 2.33 bits per heavy atom. The molecule has 0 amide bonds. The summed E-state index contributed by atoms with van der Waals surface area (Å²) >= 11 is 7.96. The molecule has 0 aromatic carbocycles. The topological polar surface area (TPSA) is 42.7 Å². The van der Waals surface area contributed by atoms with Crippen LogP contribution in [0.2, 0.25) is 5.02 Å². The third-order valence-corrected chi connectivity index (χ3v) is 4.30. The highest BCUT2D eigenvalue weighted by atomic mass is 35.5. The molecule has 2 rings (SSSR count). The largest absolute Gasteiger partial charge is 0.302 e. The van der Waals surface area contributed by atoms with E-state index in [4.69, 9.17) is 11.6 Å². The van der Waals surface area contributed by atoms with Gasteiger partial charge in [0, 0.05) is 25.2 Å². The zero-order valence-corrected chi connectivity index (χ0v) is 12.3. The monoisotopic (exact) mass is 284 g/mol. The lowest BCUT2D eigenvalue weighted by Gasteiger charge is -2.11. The second-order valence-corrected chi connectivity index (χ2v) is 5.46. The van der Waals surface area contributed by atoms with Gasteiger partial charge in [-0.15, -0.1) is 11.3 Å². The van der Waals surface area contributed by atoms with E-state index in [0.29, 0.717) is 6.54 Å². The molecule has 0 radical (unpaired) electrons. The molecular formula is C12H17ClN4S. The summed E-state index contributed by atoms with van der Waals surface area (Å²) in [6.07, 6.45) is 2.68. The van der Waals surface area contributed by atoms with Crippen molar-refractivity contribution in [3.8, 4) is 0 Å². The lowest BCUT2D eigenvalue weighted by molar-refractivity contribution is 0.546. The first-order valence-electron chi connectivity index (χ1n) is 5.96. The van der Waals surface area contributed by atoms with Crippen LogP contribution in [0.4, 0.5) is 0 Å². The lowest BCUT2D eigenvalue weighted by atomic mass is 10.3. The third kappa shape index (κ3) is 2.74. The van der Waals surface area contributed by atoms with E-state index < -0.39 is 0 Å². The van der Waals surface area contributed by atoms with E-state index in [-0.39, 0.29) is 6.04 Å². The molecule has 98 valence electrons. The Labute approximate surface area is 116 Å². The van der Waals surface area contributed by atoms with E-state index in [1.807, 2.05) is 23.3 Å². The molecule has 0 bridgehead atoms. The van der Waals surface area contributed by atoms with Crippen LogP contribution in [-0.2, 0) is 20.0 Å². The number of aryl methyl sites for hydroxylation is 2. The van der Waals surface area contributed by atoms with Crippen LogP contribution in [0.1, 0.15) is 36.3 Å². The highest BCUT2D eigenvalue weighted by Gasteiger charge is 2.14. The Kier molecular flexibility index (Phi) is 4.37. The Balaban J connectivity index is 2.04. The summed E-state index contributed by atoms with van der Waals surface area (Å²) < 4.78 is 1.85. The minimum absolute atomic E-state index is 0.223. The number of halogens is 1. The van der Waals surface area contributed by atoms with Crippen LogP contribution in [0.15, 0.2) is 11.6 Å². The maximum atomic E-state index is 6.30. The Hall–Kier alpha value is -0.910. The number of thiazole rings is 1. The van der Waals surface area contributed by atoms with Gasteiger partial charge < -0.3 is 5.32 Å². The van der Waals surface area contributed by atoms with Crippen LogP contribution in [-0.4, -0.2) is 14.8 Å². The summed E-state index contributed by atoms with van der Waals surface area (Å²) in [5.41, 5.74) is 1.98. The number of nitrogens with one attached hydrogen (secondary N) is 1. The summed E-state index contributed by atoms with van der Waals surface area (Å²) in [4.78, 5) is 4.30. The molecule has 0 spiro atoms. The van der Waals surface area contributed by atoms with Gasteiger partial charge in [0.2, 0.25) is 0 Å². The Morgan fingerprint density at radius 1 is 1.56 bits per heavy atom. The molecule has 1 N–H and O–H groups in total. The van der Waals surface area contributed by atoms with Crippen molar-refractivity contribution in [2.75, 3.05) is 0 Å². The minimum Gasteiger partial charge on any atom is -0.302 e. The predicted molar refractivity (Wildman–Crippen MR) is 75.0 cm³/mol. The van der Waals surface area contributed by atoms with Gasteiger partial charge in [-0.25, -0.2) is 4.98 Å². The molecule has 0 fully saturated rings. The quantitative estimate of drug-likeness (QED) is 0.918. The number of hydrogen-bond donors (Lipinski definition) is 1. The van der Waals surface area contributed by atoms with Crippen LogP contribution in [0, 0.1) is 0 Å². The standard InChI is InChI=1S/C12H17ClN4S/c1-4-9-11(13)10(17(3)16-9)7-15-8(2)12-14-5-6-18-12/h5-6,8,15H,4,7H2,1-3H3. The molecule has 0 saturated heterocycles. The average Bonchev–Trinajstić information content (AvgIpc) is 2.96. The van der Waals surface area contributed by atoms with E-state index >= 15 is 0 Å². The number of aromatic nitrogens is 3. The van der Waals surface area contributed by atoms with Gasteiger partial charge in [-0.2, -0.15) is 5.10 Å². The Bertz CT molecular complexity index is 506. The van der Waals surface area contributed by atoms with Crippen molar-refractivity contribution in [2.24, 2.45) is 7.05 Å². The van der Waals surface area contributed by atoms with Gasteiger partial charge in [-0.05, 0) is 13.3 Å². The van der Waals surface area contributed by atoms with Crippen molar-refractivity contribution in [2.45, 2.75) is 32.9 Å². The van der Waals surface area contributed by atoms with Crippen LogP contribution < -0.4 is 5.32 Å². The third-order valence-electron chi connectivity index (χ3n) is 2.90. The molecule has 1 atom stereocenters. The molecule has 0 saturated carbocycles. The summed E-state index contributed by atoms with van der Waals surface area (Å²) in [6, 6.07) is 0.223. The molecule has 1 unspecified atom stereocenters. The Morgan fingerprint density at radius 3 is 2.89 bits per heavy atom. The fourth-order valence-electron chi connectivity index (χ4n) is 1.80. The van der Waals surface area contributed by atoms with Gasteiger partial charge in [0.15, 0.2) is 0 Å². The lowest BCUT2D eigenvalue weighted by Crippen LogP contribution is -2.19. The molecule has 2 aromatic rings. The van der Waals surface area contributed by atoms with E-state index in [2.05, 4.69) is 29.2 Å². The van der Waals surface area contributed by atoms with Crippen molar-refractivity contribution in [1.29, 1.82) is 0 Å². The minimum atomic E-state index is 0.223. The maximum Gasteiger partial charge on any atom is 0.109 e. The van der Waals surface area contributed by atoms with Crippen LogP contribution >= 0.6 is 22.9 Å². The first-order chi connectivity index (χ1) is 8.63. The van der Waals surface area contributed by atoms with Gasteiger partial charge in [-0.3, -0.25) is 4.68 Å². The van der Waals surface area contributed by atoms with Crippen molar-refractivity contribution in [1.82, 2.24) is 20.1 Å². The van der Waals surface area contributed by atoms with Crippen molar-refractivity contribution in [3.63, 3.8) is 0 Å². The predicted octanol–water partition coefficient (Wildman–Crippen LogP) is 2.94. The zero-order valence-electron chi connectivity index (χ0n) is 10.8. The molecule has 2 heterocycles. The maximum absolute atomic E-state index is 6.30. The SMILES string of the molecule is CCc1nn(C)c(CNC(C)c2nccs2)c1Cl. The highest BCUT2D eigenvalue weighted by molar-refractivity contribution is 7.09. The van der Waals surface area contributed by atoms with Crippen LogP contribution in [0.5, 0.6) is 0 Å². The molecule has 6 heteroatoms. The van der Waals surface area contributed by atoms with Crippen molar-refractivity contribution < 1.29 is 0 Å². The van der Waals surface area contributed by atoms with Crippen LogP contribution in [0.25, 0.3) is 0 Å². The molecule has 4 nitrogen and oxygen atoms in total. The fourth-order valence-corrected chi connectivity index (χ4v) is 2.83. The first kappa shape index (κ1) is 13.5. The van der Waals surface area contributed by atoms with Gasteiger partial charge in [0.05, 0.1) is 22.5 Å². The van der Waals surface area contributed by atoms with E-state index in [1.165, 1.54) is 0 Å². The van der Waals surface area contributed by atoms with Crippen molar-refractivity contribution >= 4 is 22.9 Å². The second kappa shape index (κ2) is 5.82. The van der Waals surface area contributed by atoms with E-state index in [1.54, 1.807) is 11.3 Å². The summed E-state index contributed by atoms with van der Waals surface area (Å²) in [5.74, 6) is 0. The van der Waals surface area contributed by atoms with Gasteiger partial charge in [0.25, 0.3) is 0 Å². The molecule has 0 aliphatic carbocycles. The molecule has 18 heavy (non-hydrogen) atoms.